The van der Waals surface area contributed by atoms with Crippen molar-refractivity contribution >= 4 is 17.2 Å². The van der Waals surface area contributed by atoms with E-state index in [9.17, 15) is 13.6 Å². The highest BCUT2D eigenvalue weighted by atomic mass is 32.1. The maximum Gasteiger partial charge on any atom is 0.272 e. The Balaban J connectivity index is 1.66. The molecule has 3 nitrogen and oxygen atoms in total. The molecule has 0 spiro atoms. The van der Waals surface area contributed by atoms with E-state index in [1.54, 1.807) is 11.3 Å². The molecular weight excluding hydrogens is 234 g/mol. The van der Waals surface area contributed by atoms with E-state index in [-0.39, 0.29) is 25.5 Å². The molecule has 0 aromatic carbocycles. The van der Waals surface area contributed by atoms with Gasteiger partial charge in [-0.15, -0.1) is 11.3 Å². The van der Waals surface area contributed by atoms with Crippen LogP contribution in [0.3, 0.4) is 0 Å². The van der Waals surface area contributed by atoms with E-state index in [4.69, 9.17) is 0 Å². The van der Waals surface area contributed by atoms with Crippen LogP contribution < -0.4 is 5.32 Å². The molecular formula is C10H12F2N2OS. The molecule has 6 heteroatoms. The van der Waals surface area contributed by atoms with Gasteiger partial charge < -0.3 is 5.32 Å². The molecule has 0 radical (unpaired) electrons. The summed E-state index contributed by atoms with van der Waals surface area (Å²) in [6.07, 6.45) is 0. The van der Waals surface area contributed by atoms with Crippen molar-refractivity contribution in [3.05, 3.63) is 22.4 Å². The van der Waals surface area contributed by atoms with Gasteiger partial charge in [-0.2, -0.15) is 0 Å². The molecule has 1 aliphatic rings. The predicted octanol–water partition coefficient (Wildman–Crippen LogP) is 1.32. The van der Waals surface area contributed by atoms with Gasteiger partial charge in [-0.25, -0.2) is 8.78 Å². The predicted molar refractivity (Wildman–Crippen MR) is 57.6 cm³/mol. The summed E-state index contributed by atoms with van der Waals surface area (Å²) in [5, 5.41) is 4.62. The number of hydrogen-bond donors (Lipinski definition) is 1. The summed E-state index contributed by atoms with van der Waals surface area (Å²) >= 11 is 1.55. The molecule has 1 saturated heterocycles. The van der Waals surface area contributed by atoms with Gasteiger partial charge in [-0.1, -0.05) is 6.07 Å². The molecule has 1 aromatic rings. The first-order valence-corrected chi connectivity index (χ1v) is 5.82. The van der Waals surface area contributed by atoms with Crippen molar-refractivity contribution < 1.29 is 13.6 Å². The Kier molecular flexibility index (Phi) is 3.20. The fourth-order valence-corrected chi connectivity index (χ4v) is 2.22. The average molecular weight is 246 g/mol. The molecule has 1 fully saturated rings. The van der Waals surface area contributed by atoms with Crippen LogP contribution in [-0.2, 0) is 11.3 Å². The van der Waals surface area contributed by atoms with Crippen molar-refractivity contribution in [2.75, 3.05) is 19.6 Å². The van der Waals surface area contributed by atoms with Gasteiger partial charge in [-0.3, -0.25) is 9.69 Å². The molecule has 1 amide bonds. The highest BCUT2D eigenvalue weighted by molar-refractivity contribution is 7.09. The summed E-state index contributed by atoms with van der Waals surface area (Å²) in [6.45, 7) is -0.0828. The van der Waals surface area contributed by atoms with Crippen LogP contribution in [0.1, 0.15) is 4.88 Å². The SMILES string of the molecule is O=C(CN1CC(F)(F)C1)NCc1cccs1. The third kappa shape index (κ3) is 2.99. The van der Waals surface area contributed by atoms with Crippen LogP contribution in [0, 0.1) is 0 Å². The van der Waals surface area contributed by atoms with Gasteiger partial charge in [0.1, 0.15) is 0 Å². The molecule has 1 aliphatic heterocycles. The van der Waals surface area contributed by atoms with E-state index in [0.29, 0.717) is 6.54 Å². The summed E-state index contributed by atoms with van der Waals surface area (Å²) < 4.78 is 25.0. The Morgan fingerprint density at radius 1 is 1.56 bits per heavy atom. The minimum absolute atomic E-state index is 0.0565. The monoisotopic (exact) mass is 246 g/mol. The van der Waals surface area contributed by atoms with Crippen molar-refractivity contribution in [2.24, 2.45) is 0 Å². The summed E-state index contributed by atoms with van der Waals surface area (Å²) in [6, 6.07) is 3.82. The van der Waals surface area contributed by atoms with Crippen LogP contribution in [0.5, 0.6) is 0 Å². The van der Waals surface area contributed by atoms with Crippen LogP contribution in [-0.4, -0.2) is 36.4 Å². The van der Waals surface area contributed by atoms with Gasteiger partial charge >= 0.3 is 0 Å². The second-order valence-electron chi connectivity index (χ2n) is 3.86. The maximum atomic E-state index is 12.5. The zero-order chi connectivity index (χ0) is 11.6. The average Bonchev–Trinajstić information content (AvgIpc) is 2.64. The van der Waals surface area contributed by atoms with Gasteiger partial charge in [0.25, 0.3) is 5.92 Å². The number of likely N-dealkylation sites (tertiary alicyclic amines) is 1. The van der Waals surface area contributed by atoms with Gasteiger partial charge in [0.15, 0.2) is 0 Å². The summed E-state index contributed by atoms with van der Waals surface area (Å²) in [5.41, 5.74) is 0. The zero-order valence-corrected chi connectivity index (χ0v) is 9.40. The third-order valence-corrected chi connectivity index (χ3v) is 3.19. The Hall–Kier alpha value is -1.01. The van der Waals surface area contributed by atoms with Crippen molar-refractivity contribution in [3.8, 4) is 0 Å². The second kappa shape index (κ2) is 4.47. The number of carbonyl (C=O) groups excluding carboxylic acids is 1. The van der Waals surface area contributed by atoms with Gasteiger partial charge in [0, 0.05) is 4.88 Å². The zero-order valence-electron chi connectivity index (χ0n) is 8.58. The highest BCUT2D eigenvalue weighted by Gasteiger charge is 2.44. The Bertz CT molecular complexity index is 359. The number of nitrogens with zero attached hydrogens (tertiary/aromatic N) is 1. The number of rotatable bonds is 4. The molecule has 1 N–H and O–H groups in total. The number of nitrogens with one attached hydrogen (secondary N) is 1. The minimum Gasteiger partial charge on any atom is -0.350 e. The fourth-order valence-electron chi connectivity index (χ4n) is 1.58. The maximum absolute atomic E-state index is 12.5. The van der Waals surface area contributed by atoms with Gasteiger partial charge in [0.05, 0.1) is 26.2 Å². The molecule has 16 heavy (non-hydrogen) atoms. The quantitative estimate of drug-likeness (QED) is 0.869. The number of carbonyl (C=O) groups is 1. The Morgan fingerprint density at radius 2 is 2.31 bits per heavy atom. The minimum atomic E-state index is -2.60. The van der Waals surface area contributed by atoms with E-state index >= 15 is 0 Å². The first kappa shape index (κ1) is 11.5. The molecule has 0 saturated carbocycles. The van der Waals surface area contributed by atoms with Crippen molar-refractivity contribution in [2.45, 2.75) is 12.5 Å². The van der Waals surface area contributed by atoms with Crippen LogP contribution in [0.25, 0.3) is 0 Å². The third-order valence-electron chi connectivity index (χ3n) is 2.32. The Labute approximate surface area is 96.1 Å². The van der Waals surface area contributed by atoms with E-state index in [0.717, 1.165) is 4.88 Å². The largest absolute Gasteiger partial charge is 0.350 e. The number of thiophene rings is 1. The van der Waals surface area contributed by atoms with Crippen molar-refractivity contribution in [3.63, 3.8) is 0 Å². The van der Waals surface area contributed by atoms with Crippen LogP contribution in [0.2, 0.25) is 0 Å². The molecule has 0 atom stereocenters. The molecule has 1 aromatic heterocycles. The molecule has 2 rings (SSSR count). The lowest BCUT2D eigenvalue weighted by atomic mass is 10.1. The second-order valence-corrected chi connectivity index (χ2v) is 4.89. The smallest absolute Gasteiger partial charge is 0.272 e. The lowest BCUT2D eigenvalue weighted by Gasteiger charge is -2.37. The van der Waals surface area contributed by atoms with Crippen LogP contribution in [0.15, 0.2) is 17.5 Å². The molecule has 0 unspecified atom stereocenters. The standard InChI is InChI=1S/C10H12F2N2OS/c11-10(12)6-14(7-10)5-9(15)13-4-8-2-1-3-16-8/h1-3H,4-7H2,(H,13,15). The number of halogens is 2. The fraction of sp³-hybridized carbons (Fsp3) is 0.500. The van der Waals surface area contributed by atoms with E-state index < -0.39 is 5.92 Å². The van der Waals surface area contributed by atoms with Crippen LogP contribution in [0.4, 0.5) is 8.78 Å². The first-order chi connectivity index (χ1) is 7.55. The summed E-state index contributed by atoms with van der Waals surface area (Å²) in [7, 11) is 0. The van der Waals surface area contributed by atoms with Gasteiger partial charge in [-0.05, 0) is 11.4 Å². The molecule has 0 aliphatic carbocycles. The van der Waals surface area contributed by atoms with Crippen molar-refractivity contribution in [1.29, 1.82) is 0 Å². The molecule has 0 bridgehead atoms. The summed E-state index contributed by atoms with van der Waals surface area (Å²) in [4.78, 5) is 13.9. The highest BCUT2D eigenvalue weighted by Crippen LogP contribution is 2.25. The molecule has 2 heterocycles. The first-order valence-electron chi connectivity index (χ1n) is 4.94. The normalized spacial score (nSPS) is 19.1. The topological polar surface area (TPSA) is 32.3 Å². The number of hydrogen-bond acceptors (Lipinski definition) is 3. The molecule has 88 valence electrons. The number of amides is 1. The van der Waals surface area contributed by atoms with E-state index in [2.05, 4.69) is 5.32 Å². The van der Waals surface area contributed by atoms with Gasteiger partial charge in [0.2, 0.25) is 5.91 Å². The lowest BCUT2D eigenvalue weighted by Crippen LogP contribution is -2.58. The van der Waals surface area contributed by atoms with Crippen LogP contribution >= 0.6 is 11.3 Å². The summed E-state index contributed by atoms with van der Waals surface area (Å²) in [5.74, 6) is -2.81. The van der Waals surface area contributed by atoms with E-state index in [1.807, 2.05) is 17.5 Å². The Morgan fingerprint density at radius 3 is 2.88 bits per heavy atom. The number of alkyl halides is 2. The lowest BCUT2D eigenvalue weighted by molar-refractivity contribution is -0.144. The van der Waals surface area contributed by atoms with Crippen molar-refractivity contribution in [1.82, 2.24) is 10.2 Å². The van der Waals surface area contributed by atoms with E-state index in [1.165, 1.54) is 4.90 Å².